The van der Waals surface area contributed by atoms with Gasteiger partial charge in [-0.15, -0.1) is 0 Å². The van der Waals surface area contributed by atoms with Crippen LogP contribution in [0.25, 0.3) is 11.1 Å². The molecule has 0 aliphatic heterocycles. The van der Waals surface area contributed by atoms with Gasteiger partial charge in [-0.2, -0.15) is 0 Å². The molecule has 2 aromatic rings. The molecule has 0 saturated carbocycles. The van der Waals surface area contributed by atoms with Crippen molar-refractivity contribution >= 4 is 0 Å². The van der Waals surface area contributed by atoms with Crippen molar-refractivity contribution in [2.45, 2.75) is 26.2 Å². The maximum Gasteiger partial charge on any atom is 0.159 e. The molecule has 1 unspecified atom stereocenters. The summed E-state index contributed by atoms with van der Waals surface area (Å²) in [6.07, 6.45) is 1.01. The van der Waals surface area contributed by atoms with E-state index in [4.69, 9.17) is 0 Å². The molecule has 18 heavy (non-hydrogen) atoms. The molecule has 1 atom stereocenters. The van der Waals surface area contributed by atoms with Gasteiger partial charge in [-0.05, 0) is 41.2 Å². The Morgan fingerprint density at radius 1 is 1.00 bits per heavy atom. The summed E-state index contributed by atoms with van der Waals surface area (Å²) < 4.78 is 26.3. The van der Waals surface area contributed by atoms with Gasteiger partial charge in [0.05, 0.1) is 0 Å². The molecular weight excluding hydrogens is 230 g/mol. The first-order valence-corrected chi connectivity index (χ1v) is 6.17. The second kappa shape index (κ2) is 5.30. The van der Waals surface area contributed by atoms with Gasteiger partial charge in [0.25, 0.3) is 0 Å². The highest BCUT2D eigenvalue weighted by molar-refractivity contribution is 5.68. The highest BCUT2D eigenvalue weighted by Gasteiger charge is 2.11. The Balaban J connectivity index is 2.53. The molecule has 0 N–H and O–H groups in total. The summed E-state index contributed by atoms with van der Waals surface area (Å²) in [5.41, 5.74) is 2.88. The molecule has 2 heteroatoms. The lowest BCUT2D eigenvalue weighted by Gasteiger charge is -2.15. The molecule has 0 spiro atoms. The van der Waals surface area contributed by atoms with Crippen LogP contribution in [0.2, 0.25) is 0 Å². The van der Waals surface area contributed by atoms with Gasteiger partial charge in [0.1, 0.15) is 0 Å². The van der Waals surface area contributed by atoms with E-state index in [9.17, 15) is 8.78 Å². The highest BCUT2D eigenvalue weighted by Crippen LogP contribution is 2.31. The SMILES string of the molecule is CCC(C)c1ccccc1-c1ccc(F)c(F)c1. The van der Waals surface area contributed by atoms with Crippen LogP contribution in [0, 0.1) is 11.6 Å². The van der Waals surface area contributed by atoms with E-state index in [1.54, 1.807) is 6.07 Å². The Bertz CT molecular complexity index is 547. The smallest absolute Gasteiger partial charge is 0.159 e. The van der Waals surface area contributed by atoms with Crippen molar-refractivity contribution < 1.29 is 8.78 Å². The van der Waals surface area contributed by atoms with Crippen LogP contribution in [0.4, 0.5) is 8.78 Å². The van der Waals surface area contributed by atoms with Crippen LogP contribution in [0.15, 0.2) is 42.5 Å². The van der Waals surface area contributed by atoms with E-state index in [2.05, 4.69) is 13.8 Å². The molecule has 0 nitrogen and oxygen atoms in total. The van der Waals surface area contributed by atoms with Crippen molar-refractivity contribution in [3.05, 3.63) is 59.7 Å². The number of hydrogen-bond acceptors (Lipinski definition) is 0. The fourth-order valence-corrected chi connectivity index (χ4v) is 2.07. The molecular formula is C16H16F2. The molecule has 0 aromatic heterocycles. The summed E-state index contributed by atoms with van der Waals surface area (Å²) >= 11 is 0. The fraction of sp³-hybridized carbons (Fsp3) is 0.250. The predicted octanol–water partition coefficient (Wildman–Crippen LogP) is 5.15. The third-order valence-corrected chi connectivity index (χ3v) is 3.33. The summed E-state index contributed by atoms with van der Waals surface area (Å²) in [6, 6.07) is 12.0. The minimum atomic E-state index is -0.806. The molecule has 0 radical (unpaired) electrons. The van der Waals surface area contributed by atoms with E-state index in [0.29, 0.717) is 5.92 Å². The molecule has 2 aromatic carbocycles. The molecule has 0 heterocycles. The third kappa shape index (κ3) is 2.42. The van der Waals surface area contributed by atoms with Gasteiger partial charge in [-0.3, -0.25) is 0 Å². The number of benzene rings is 2. The summed E-state index contributed by atoms with van der Waals surface area (Å²) in [7, 11) is 0. The molecule has 94 valence electrons. The molecule has 0 bridgehead atoms. The van der Waals surface area contributed by atoms with Crippen LogP contribution in [-0.2, 0) is 0 Å². The summed E-state index contributed by atoms with van der Waals surface area (Å²) in [5, 5.41) is 0. The maximum atomic E-state index is 13.3. The molecule has 0 aliphatic carbocycles. The van der Waals surface area contributed by atoms with Crippen molar-refractivity contribution in [1.29, 1.82) is 0 Å². The Hall–Kier alpha value is -1.70. The summed E-state index contributed by atoms with van der Waals surface area (Å²) in [6.45, 7) is 4.26. The van der Waals surface area contributed by atoms with Crippen LogP contribution >= 0.6 is 0 Å². The van der Waals surface area contributed by atoms with Crippen LogP contribution in [0.1, 0.15) is 31.7 Å². The van der Waals surface area contributed by atoms with Crippen molar-refractivity contribution in [3.8, 4) is 11.1 Å². The Morgan fingerprint density at radius 3 is 2.39 bits per heavy atom. The summed E-state index contributed by atoms with van der Waals surface area (Å²) in [5.74, 6) is -1.21. The topological polar surface area (TPSA) is 0 Å². The minimum absolute atomic E-state index is 0.398. The van der Waals surface area contributed by atoms with Crippen molar-refractivity contribution in [2.75, 3.05) is 0 Å². The normalized spacial score (nSPS) is 12.4. The molecule has 0 amide bonds. The van der Waals surface area contributed by atoms with Gasteiger partial charge < -0.3 is 0 Å². The van der Waals surface area contributed by atoms with Crippen LogP contribution in [0.5, 0.6) is 0 Å². The predicted molar refractivity (Wildman–Crippen MR) is 70.5 cm³/mol. The van der Waals surface area contributed by atoms with E-state index in [1.807, 2.05) is 24.3 Å². The van der Waals surface area contributed by atoms with E-state index in [1.165, 1.54) is 17.7 Å². The van der Waals surface area contributed by atoms with Crippen LogP contribution in [-0.4, -0.2) is 0 Å². The lowest BCUT2D eigenvalue weighted by atomic mass is 9.90. The zero-order chi connectivity index (χ0) is 13.1. The largest absolute Gasteiger partial charge is 0.204 e. The third-order valence-electron chi connectivity index (χ3n) is 3.33. The van der Waals surface area contributed by atoms with Gasteiger partial charge >= 0.3 is 0 Å². The van der Waals surface area contributed by atoms with E-state index in [0.717, 1.165) is 17.5 Å². The quantitative estimate of drug-likeness (QED) is 0.703. The highest BCUT2D eigenvalue weighted by atomic mass is 19.2. The van der Waals surface area contributed by atoms with Gasteiger partial charge in [-0.25, -0.2) is 8.78 Å². The number of hydrogen-bond donors (Lipinski definition) is 0. The number of halogens is 2. The first-order chi connectivity index (χ1) is 8.63. The average Bonchev–Trinajstić information content (AvgIpc) is 2.41. The first-order valence-electron chi connectivity index (χ1n) is 6.17. The van der Waals surface area contributed by atoms with Gasteiger partial charge in [0, 0.05) is 0 Å². The maximum absolute atomic E-state index is 13.3. The monoisotopic (exact) mass is 246 g/mol. The second-order valence-electron chi connectivity index (χ2n) is 4.53. The summed E-state index contributed by atoms with van der Waals surface area (Å²) in [4.78, 5) is 0. The van der Waals surface area contributed by atoms with Crippen molar-refractivity contribution in [3.63, 3.8) is 0 Å². The minimum Gasteiger partial charge on any atom is -0.204 e. The average molecular weight is 246 g/mol. The molecule has 2 rings (SSSR count). The lowest BCUT2D eigenvalue weighted by molar-refractivity contribution is 0.509. The van der Waals surface area contributed by atoms with Crippen LogP contribution < -0.4 is 0 Å². The Morgan fingerprint density at radius 2 is 1.72 bits per heavy atom. The van der Waals surface area contributed by atoms with Gasteiger partial charge in [0.2, 0.25) is 0 Å². The standard InChI is InChI=1S/C16H16F2/c1-3-11(2)13-6-4-5-7-14(13)12-8-9-15(17)16(18)10-12/h4-11H,3H2,1-2H3. The Kier molecular flexibility index (Phi) is 3.75. The number of rotatable bonds is 3. The van der Waals surface area contributed by atoms with E-state index in [-0.39, 0.29) is 0 Å². The van der Waals surface area contributed by atoms with Crippen molar-refractivity contribution in [2.24, 2.45) is 0 Å². The van der Waals surface area contributed by atoms with E-state index >= 15 is 0 Å². The lowest BCUT2D eigenvalue weighted by Crippen LogP contribution is -1.95. The molecule has 0 aliphatic rings. The van der Waals surface area contributed by atoms with Gasteiger partial charge in [-0.1, -0.05) is 44.2 Å². The molecule has 0 fully saturated rings. The zero-order valence-corrected chi connectivity index (χ0v) is 10.6. The van der Waals surface area contributed by atoms with Crippen LogP contribution in [0.3, 0.4) is 0 Å². The van der Waals surface area contributed by atoms with E-state index < -0.39 is 11.6 Å². The molecule has 0 saturated heterocycles. The second-order valence-corrected chi connectivity index (χ2v) is 4.53. The Labute approximate surface area is 106 Å². The zero-order valence-electron chi connectivity index (χ0n) is 10.6. The first kappa shape index (κ1) is 12.7. The fourth-order valence-electron chi connectivity index (χ4n) is 2.07. The van der Waals surface area contributed by atoms with Crippen molar-refractivity contribution in [1.82, 2.24) is 0 Å². The van der Waals surface area contributed by atoms with Gasteiger partial charge in [0.15, 0.2) is 11.6 Å².